The largest absolute Gasteiger partial charge is 0.496 e. The summed E-state index contributed by atoms with van der Waals surface area (Å²) >= 11 is 0. The molecule has 0 aliphatic heterocycles. The number of aryl methyl sites for hydroxylation is 1. The van der Waals surface area contributed by atoms with Crippen molar-refractivity contribution in [1.29, 1.82) is 0 Å². The van der Waals surface area contributed by atoms with Crippen molar-refractivity contribution in [2.75, 3.05) is 13.7 Å². The number of carbonyl (C=O) groups is 1. The van der Waals surface area contributed by atoms with E-state index < -0.39 is 23.2 Å². The molecule has 0 aliphatic rings. The highest BCUT2D eigenvalue weighted by Gasteiger charge is 2.38. The Morgan fingerprint density at radius 3 is 2.78 bits per heavy atom. The number of methoxy groups -OCH3 is 1. The molecule has 0 unspecified atom stereocenters. The number of fused-ring (bicyclic) bond motifs is 1. The smallest absolute Gasteiger partial charge is 0.420 e. The maximum absolute atomic E-state index is 13.1. The number of amides is 1. The van der Waals surface area contributed by atoms with Crippen LogP contribution in [0.25, 0.3) is 10.9 Å². The minimum absolute atomic E-state index is 0.0218. The Morgan fingerprint density at radius 1 is 1.33 bits per heavy atom. The van der Waals surface area contributed by atoms with Crippen LogP contribution in [0.3, 0.4) is 0 Å². The summed E-state index contributed by atoms with van der Waals surface area (Å²) in [7, 11) is 1.57. The van der Waals surface area contributed by atoms with Gasteiger partial charge in [0.15, 0.2) is 0 Å². The monoisotopic (exact) mass is 380 g/mol. The average molecular weight is 380 g/mol. The molecular weight excluding hydrogens is 361 g/mol. The van der Waals surface area contributed by atoms with E-state index in [4.69, 9.17) is 9.15 Å². The molecule has 0 aliphatic carbocycles. The van der Waals surface area contributed by atoms with Crippen molar-refractivity contribution in [2.45, 2.75) is 25.9 Å². The lowest BCUT2D eigenvalue weighted by molar-refractivity contribution is -0.138. The number of ether oxygens (including phenoxy) is 1. The van der Waals surface area contributed by atoms with E-state index in [2.05, 4.69) is 10.3 Å². The number of rotatable bonds is 6. The van der Waals surface area contributed by atoms with Crippen LogP contribution >= 0.6 is 0 Å². The summed E-state index contributed by atoms with van der Waals surface area (Å²) < 4.78 is 49.6. The number of benzene rings is 1. The zero-order valence-corrected chi connectivity index (χ0v) is 14.9. The maximum Gasteiger partial charge on any atom is 0.420 e. The zero-order chi connectivity index (χ0) is 19.6. The predicted octanol–water partition coefficient (Wildman–Crippen LogP) is 4.32. The quantitative estimate of drug-likeness (QED) is 0.669. The number of aromatic amines is 1. The lowest BCUT2D eigenvalue weighted by Crippen LogP contribution is -2.28. The van der Waals surface area contributed by atoms with Crippen molar-refractivity contribution in [3.8, 4) is 5.75 Å². The van der Waals surface area contributed by atoms with E-state index in [0.29, 0.717) is 18.4 Å². The first-order valence-electron chi connectivity index (χ1n) is 8.45. The standard InChI is InChI=1S/C19H19F3N2O3/c1-3-14-17(12(10-27-14)19(20,21)22)18(25)23-8-7-11-9-24-13-5-4-6-15(26-2)16(11)13/h4-6,9-10,24H,3,7-8H2,1-2H3,(H,23,25). The van der Waals surface area contributed by atoms with Gasteiger partial charge in [-0.1, -0.05) is 13.0 Å². The highest BCUT2D eigenvalue weighted by Crippen LogP contribution is 2.35. The average Bonchev–Trinajstić information content (AvgIpc) is 3.25. The number of carbonyl (C=O) groups excluding carboxylic acids is 1. The van der Waals surface area contributed by atoms with Gasteiger partial charge in [0.25, 0.3) is 5.91 Å². The molecule has 3 aromatic rings. The minimum Gasteiger partial charge on any atom is -0.496 e. The van der Waals surface area contributed by atoms with E-state index >= 15 is 0 Å². The van der Waals surface area contributed by atoms with Crippen LogP contribution in [0.1, 0.15) is 34.2 Å². The SMILES string of the molecule is CCc1occ(C(F)(F)F)c1C(=O)NCCc1c[nH]c2cccc(OC)c12. The highest BCUT2D eigenvalue weighted by atomic mass is 19.4. The first kappa shape index (κ1) is 18.9. The Balaban J connectivity index is 1.76. The fourth-order valence-corrected chi connectivity index (χ4v) is 3.10. The summed E-state index contributed by atoms with van der Waals surface area (Å²) in [6.07, 6.45) is -1.62. The summed E-state index contributed by atoms with van der Waals surface area (Å²) in [6, 6.07) is 5.58. The molecule has 0 fully saturated rings. The van der Waals surface area contributed by atoms with E-state index in [1.807, 2.05) is 18.2 Å². The van der Waals surface area contributed by atoms with Gasteiger partial charge in [0, 0.05) is 30.1 Å². The second-order valence-corrected chi connectivity index (χ2v) is 6.00. The van der Waals surface area contributed by atoms with Gasteiger partial charge >= 0.3 is 6.18 Å². The van der Waals surface area contributed by atoms with Crippen LogP contribution in [-0.2, 0) is 19.0 Å². The Kier molecular flexibility index (Phi) is 5.16. The summed E-state index contributed by atoms with van der Waals surface area (Å²) in [5, 5.41) is 3.45. The second-order valence-electron chi connectivity index (χ2n) is 6.00. The Hall–Kier alpha value is -2.90. The van der Waals surface area contributed by atoms with Crippen molar-refractivity contribution < 1.29 is 27.1 Å². The third-order valence-electron chi connectivity index (χ3n) is 4.37. The van der Waals surface area contributed by atoms with Gasteiger partial charge in [-0.05, 0) is 24.1 Å². The van der Waals surface area contributed by atoms with Crippen LogP contribution in [0.15, 0.2) is 35.1 Å². The lowest BCUT2D eigenvalue weighted by atomic mass is 10.1. The van der Waals surface area contributed by atoms with Gasteiger partial charge in [-0.2, -0.15) is 13.2 Å². The maximum atomic E-state index is 13.1. The van der Waals surface area contributed by atoms with E-state index in [1.165, 1.54) is 0 Å². The number of halogens is 3. The number of furan rings is 1. The summed E-state index contributed by atoms with van der Waals surface area (Å²) in [5.41, 5.74) is 0.298. The molecule has 0 saturated carbocycles. The molecule has 27 heavy (non-hydrogen) atoms. The Bertz CT molecular complexity index is 957. The fraction of sp³-hybridized carbons (Fsp3) is 0.316. The van der Waals surface area contributed by atoms with Gasteiger partial charge in [-0.3, -0.25) is 4.79 Å². The van der Waals surface area contributed by atoms with Gasteiger partial charge in [-0.15, -0.1) is 0 Å². The number of H-pyrrole nitrogens is 1. The van der Waals surface area contributed by atoms with Crippen LogP contribution in [0.5, 0.6) is 5.75 Å². The normalized spacial score (nSPS) is 11.7. The Labute approximate surface area is 153 Å². The van der Waals surface area contributed by atoms with Crippen LogP contribution in [0.2, 0.25) is 0 Å². The van der Waals surface area contributed by atoms with E-state index in [-0.39, 0.29) is 18.7 Å². The van der Waals surface area contributed by atoms with Crippen molar-refractivity contribution in [2.24, 2.45) is 0 Å². The molecule has 0 spiro atoms. The molecule has 0 radical (unpaired) electrons. The molecule has 2 heterocycles. The molecule has 5 nitrogen and oxygen atoms in total. The summed E-state index contributed by atoms with van der Waals surface area (Å²) in [4.78, 5) is 15.5. The van der Waals surface area contributed by atoms with Crippen LogP contribution in [0, 0.1) is 0 Å². The van der Waals surface area contributed by atoms with Crippen LogP contribution in [-0.4, -0.2) is 24.5 Å². The number of nitrogens with one attached hydrogen (secondary N) is 2. The van der Waals surface area contributed by atoms with Crippen molar-refractivity contribution in [1.82, 2.24) is 10.3 Å². The highest BCUT2D eigenvalue weighted by molar-refractivity contribution is 5.97. The topological polar surface area (TPSA) is 67.3 Å². The van der Waals surface area contributed by atoms with Crippen LogP contribution < -0.4 is 10.1 Å². The molecule has 2 N–H and O–H groups in total. The minimum atomic E-state index is -4.65. The molecule has 3 rings (SSSR count). The van der Waals surface area contributed by atoms with Gasteiger partial charge in [0.05, 0.1) is 12.7 Å². The van der Waals surface area contributed by atoms with Gasteiger partial charge in [-0.25, -0.2) is 0 Å². The number of hydrogen-bond acceptors (Lipinski definition) is 3. The second kappa shape index (κ2) is 7.38. The third kappa shape index (κ3) is 3.65. The van der Waals surface area contributed by atoms with Crippen molar-refractivity contribution >= 4 is 16.8 Å². The van der Waals surface area contributed by atoms with Gasteiger partial charge in [0.2, 0.25) is 0 Å². The molecule has 144 valence electrons. The molecule has 2 aromatic heterocycles. The molecule has 1 aromatic carbocycles. The van der Waals surface area contributed by atoms with E-state index in [1.54, 1.807) is 20.2 Å². The first-order valence-corrected chi connectivity index (χ1v) is 8.45. The summed E-state index contributed by atoms with van der Waals surface area (Å²) in [5.74, 6) is -0.0779. The van der Waals surface area contributed by atoms with Crippen molar-refractivity contribution in [3.63, 3.8) is 0 Å². The van der Waals surface area contributed by atoms with Crippen LogP contribution in [0.4, 0.5) is 13.2 Å². The lowest BCUT2D eigenvalue weighted by Gasteiger charge is -2.09. The fourth-order valence-electron chi connectivity index (χ4n) is 3.10. The van der Waals surface area contributed by atoms with E-state index in [0.717, 1.165) is 16.5 Å². The van der Waals surface area contributed by atoms with E-state index in [9.17, 15) is 18.0 Å². The molecule has 0 bridgehead atoms. The van der Waals surface area contributed by atoms with Gasteiger partial charge in [0.1, 0.15) is 23.3 Å². The molecule has 0 atom stereocenters. The molecule has 1 amide bonds. The number of aromatic nitrogens is 1. The van der Waals surface area contributed by atoms with Gasteiger partial charge < -0.3 is 19.5 Å². The molecular formula is C19H19F3N2O3. The predicted molar refractivity (Wildman–Crippen MR) is 94.0 cm³/mol. The number of hydrogen-bond donors (Lipinski definition) is 2. The number of alkyl halides is 3. The summed E-state index contributed by atoms with van der Waals surface area (Å²) in [6.45, 7) is 1.81. The molecule has 8 heteroatoms. The van der Waals surface area contributed by atoms with Crippen molar-refractivity contribution in [3.05, 3.63) is 53.1 Å². The zero-order valence-electron chi connectivity index (χ0n) is 14.9. The first-order chi connectivity index (χ1) is 12.9. The Morgan fingerprint density at radius 2 is 2.11 bits per heavy atom. The molecule has 0 saturated heterocycles. The third-order valence-corrected chi connectivity index (χ3v) is 4.37.